The summed E-state index contributed by atoms with van der Waals surface area (Å²) in [6.45, 7) is 2.85. The molecule has 1 heterocycles. The predicted octanol–water partition coefficient (Wildman–Crippen LogP) is 4.32. The SMILES string of the molecule is CN=C(NCCc1nc(-c2ccc(Cl)cc2)no1)NCC(C)Oc1ccccc1F.I. The minimum atomic E-state index is -0.385. The van der Waals surface area contributed by atoms with Gasteiger partial charge in [-0.1, -0.05) is 28.9 Å². The number of ether oxygens (including phenoxy) is 1. The van der Waals surface area contributed by atoms with Crippen LogP contribution >= 0.6 is 35.6 Å². The molecule has 2 aromatic carbocycles. The van der Waals surface area contributed by atoms with E-state index < -0.39 is 0 Å². The molecule has 0 aliphatic heterocycles. The number of nitrogens with one attached hydrogen (secondary N) is 2. The molecule has 0 spiro atoms. The Morgan fingerprint density at radius 3 is 2.65 bits per heavy atom. The molecule has 3 aromatic rings. The first-order chi connectivity index (χ1) is 14.5. The zero-order valence-electron chi connectivity index (χ0n) is 17.1. The second-order valence-corrected chi connectivity index (χ2v) is 6.94. The molecule has 1 aromatic heterocycles. The monoisotopic (exact) mass is 559 g/mol. The average molecular weight is 560 g/mol. The van der Waals surface area contributed by atoms with Gasteiger partial charge in [0.1, 0.15) is 6.10 Å². The summed E-state index contributed by atoms with van der Waals surface area (Å²) in [5, 5.41) is 11.0. The number of hydrogen-bond acceptors (Lipinski definition) is 5. The molecule has 0 amide bonds. The molecule has 7 nitrogen and oxygen atoms in total. The van der Waals surface area contributed by atoms with Gasteiger partial charge in [0.15, 0.2) is 17.5 Å². The zero-order chi connectivity index (χ0) is 21.3. The number of hydrogen-bond donors (Lipinski definition) is 2. The van der Waals surface area contributed by atoms with E-state index >= 15 is 0 Å². The fourth-order valence-corrected chi connectivity index (χ4v) is 2.75. The summed E-state index contributed by atoms with van der Waals surface area (Å²) in [5.74, 6) is 1.46. The first-order valence-electron chi connectivity index (χ1n) is 9.49. The van der Waals surface area contributed by atoms with Gasteiger partial charge in [0.05, 0.1) is 6.54 Å². The number of aromatic nitrogens is 2. The van der Waals surface area contributed by atoms with E-state index in [9.17, 15) is 4.39 Å². The van der Waals surface area contributed by atoms with Crippen molar-refractivity contribution in [2.75, 3.05) is 20.1 Å². The zero-order valence-corrected chi connectivity index (χ0v) is 20.2. The van der Waals surface area contributed by atoms with Crippen LogP contribution in [0.3, 0.4) is 0 Å². The second kappa shape index (κ2) is 12.5. The molecule has 0 fully saturated rings. The summed E-state index contributed by atoms with van der Waals surface area (Å²) in [4.78, 5) is 8.55. The van der Waals surface area contributed by atoms with E-state index in [0.29, 0.717) is 42.2 Å². The van der Waals surface area contributed by atoms with Crippen molar-refractivity contribution < 1.29 is 13.7 Å². The molecule has 0 aliphatic carbocycles. The molecule has 2 N–H and O–H groups in total. The van der Waals surface area contributed by atoms with Crippen molar-refractivity contribution in [1.29, 1.82) is 0 Å². The summed E-state index contributed by atoms with van der Waals surface area (Å²) < 4.78 is 24.6. The van der Waals surface area contributed by atoms with Crippen molar-refractivity contribution in [2.45, 2.75) is 19.4 Å². The molecule has 0 saturated heterocycles. The number of rotatable bonds is 8. The van der Waals surface area contributed by atoms with E-state index in [2.05, 4.69) is 25.8 Å². The van der Waals surface area contributed by atoms with Crippen LogP contribution in [0.2, 0.25) is 5.02 Å². The Morgan fingerprint density at radius 2 is 1.94 bits per heavy atom. The maximum Gasteiger partial charge on any atom is 0.228 e. The maximum absolute atomic E-state index is 13.7. The highest BCUT2D eigenvalue weighted by Crippen LogP contribution is 2.19. The standard InChI is InChI=1S/C21H23ClFN5O2.HI/c1-14(29-18-6-4-3-5-17(18)23)13-26-21(24-2)25-12-11-19-27-20(28-30-19)15-7-9-16(22)10-8-15;/h3-10,14H,11-13H2,1-2H3,(H2,24,25,26);1H. The number of nitrogens with zero attached hydrogens (tertiary/aromatic N) is 3. The molecule has 0 radical (unpaired) electrons. The Balaban J connectivity index is 0.00000341. The maximum atomic E-state index is 13.7. The van der Waals surface area contributed by atoms with Gasteiger partial charge in [0.25, 0.3) is 0 Å². The minimum Gasteiger partial charge on any atom is -0.486 e. The number of aliphatic imine (C=N–C) groups is 1. The molecule has 166 valence electrons. The number of para-hydroxylation sites is 1. The highest BCUT2D eigenvalue weighted by Gasteiger charge is 2.11. The third-order valence-electron chi connectivity index (χ3n) is 4.15. The van der Waals surface area contributed by atoms with Crippen molar-refractivity contribution >= 4 is 41.5 Å². The average Bonchev–Trinajstić information content (AvgIpc) is 3.21. The number of halogens is 3. The second-order valence-electron chi connectivity index (χ2n) is 6.51. The predicted molar refractivity (Wildman–Crippen MR) is 130 cm³/mol. The first-order valence-corrected chi connectivity index (χ1v) is 9.87. The number of benzene rings is 2. The van der Waals surface area contributed by atoms with Crippen LogP contribution in [-0.2, 0) is 6.42 Å². The van der Waals surface area contributed by atoms with Crippen molar-refractivity contribution in [2.24, 2.45) is 4.99 Å². The lowest BCUT2D eigenvalue weighted by Gasteiger charge is -2.17. The van der Waals surface area contributed by atoms with Crippen LogP contribution in [0.5, 0.6) is 5.75 Å². The molecule has 0 saturated carbocycles. The van der Waals surface area contributed by atoms with Crippen molar-refractivity contribution in [3.8, 4) is 17.1 Å². The van der Waals surface area contributed by atoms with Gasteiger partial charge in [-0.3, -0.25) is 4.99 Å². The fraction of sp³-hybridized carbons (Fsp3) is 0.286. The Bertz CT molecular complexity index is 984. The topological polar surface area (TPSA) is 84.6 Å². The van der Waals surface area contributed by atoms with E-state index in [1.165, 1.54) is 6.07 Å². The van der Waals surface area contributed by atoms with Gasteiger partial charge in [-0.2, -0.15) is 4.98 Å². The summed E-state index contributed by atoms with van der Waals surface area (Å²) in [6, 6.07) is 13.6. The lowest BCUT2D eigenvalue weighted by Crippen LogP contribution is -2.42. The van der Waals surface area contributed by atoms with Crippen molar-refractivity contribution in [1.82, 2.24) is 20.8 Å². The first kappa shape index (κ1) is 24.9. The van der Waals surface area contributed by atoms with Gasteiger partial charge in [0, 0.05) is 30.6 Å². The van der Waals surface area contributed by atoms with Crippen LogP contribution < -0.4 is 15.4 Å². The molecule has 31 heavy (non-hydrogen) atoms. The molecular formula is C21H24ClFIN5O2. The normalized spacial score (nSPS) is 12.1. The Hall–Kier alpha value is -2.40. The quantitative estimate of drug-likeness (QED) is 0.243. The van der Waals surface area contributed by atoms with E-state index in [4.69, 9.17) is 20.9 Å². The van der Waals surface area contributed by atoms with Gasteiger partial charge >= 0.3 is 0 Å². The largest absolute Gasteiger partial charge is 0.486 e. The van der Waals surface area contributed by atoms with Crippen molar-refractivity contribution in [3.63, 3.8) is 0 Å². The molecule has 1 atom stereocenters. The summed E-state index contributed by atoms with van der Waals surface area (Å²) in [7, 11) is 1.67. The summed E-state index contributed by atoms with van der Waals surface area (Å²) in [6.07, 6.45) is 0.279. The van der Waals surface area contributed by atoms with Crippen LogP contribution in [0.1, 0.15) is 12.8 Å². The Morgan fingerprint density at radius 1 is 1.19 bits per heavy atom. The van der Waals surface area contributed by atoms with Gasteiger partial charge in [-0.05, 0) is 43.3 Å². The fourth-order valence-electron chi connectivity index (χ4n) is 2.62. The lowest BCUT2D eigenvalue weighted by molar-refractivity contribution is 0.214. The van der Waals surface area contributed by atoms with Crippen LogP contribution in [-0.4, -0.2) is 42.3 Å². The summed E-state index contributed by atoms with van der Waals surface area (Å²) >= 11 is 5.89. The van der Waals surface area contributed by atoms with Crippen LogP contribution in [0.15, 0.2) is 58.0 Å². The van der Waals surface area contributed by atoms with E-state index in [0.717, 1.165) is 5.56 Å². The number of guanidine groups is 1. The molecule has 10 heteroatoms. The van der Waals surface area contributed by atoms with Gasteiger partial charge in [0.2, 0.25) is 11.7 Å². The van der Waals surface area contributed by atoms with Gasteiger partial charge in [-0.15, -0.1) is 24.0 Å². The van der Waals surface area contributed by atoms with Crippen LogP contribution in [0.4, 0.5) is 4.39 Å². The highest BCUT2D eigenvalue weighted by molar-refractivity contribution is 14.0. The van der Waals surface area contributed by atoms with E-state index in [-0.39, 0.29) is 41.6 Å². The molecule has 1 unspecified atom stereocenters. The highest BCUT2D eigenvalue weighted by atomic mass is 127. The molecule has 3 rings (SSSR count). The van der Waals surface area contributed by atoms with Gasteiger partial charge < -0.3 is 19.9 Å². The molecule has 0 aliphatic rings. The Kier molecular flexibility index (Phi) is 9.99. The summed E-state index contributed by atoms with van der Waals surface area (Å²) in [5.41, 5.74) is 0.837. The van der Waals surface area contributed by atoms with Gasteiger partial charge in [-0.25, -0.2) is 4.39 Å². The molecule has 0 bridgehead atoms. The lowest BCUT2D eigenvalue weighted by atomic mass is 10.2. The minimum absolute atomic E-state index is 0. The van der Waals surface area contributed by atoms with Crippen LogP contribution in [0, 0.1) is 5.82 Å². The molecular weight excluding hydrogens is 536 g/mol. The Labute approximate surface area is 202 Å². The van der Waals surface area contributed by atoms with Crippen molar-refractivity contribution in [3.05, 3.63) is 65.3 Å². The smallest absolute Gasteiger partial charge is 0.228 e. The van der Waals surface area contributed by atoms with E-state index in [1.807, 2.05) is 19.1 Å². The third-order valence-corrected chi connectivity index (χ3v) is 4.40. The van der Waals surface area contributed by atoms with E-state index in [1.54, 1.807) is 37.4 Å². The van der Waals surface area contributed by atoms with Crippen LogP contribution in [0.25, 0.3) is 11.4 Å². The third kappa shape index (κ3) is 7.66.